The molecule has 132 valence electrons. The molecule has 2 rings (SSSR count). The zero-order valence-electron chi connectivity index (χ0n) is 15.2. The zero-order chi connectivity index (χ0) is 17.0. The Morgan fingerprint density at radius 2 is 1.78 bits per heavy atom. The summed E-state index contributed by atoms with van der Waals surface area (Å²) in [6.45, 7) is 11.9. The topological polar surface area (TPSA) is 61.4 Å². The van der Waals surface area contributed by atoms with Gasteiger partial charge in [0.05, 0.1) is 0 Å². The lowest BCUT2D eigenvalue weighted by molar-refractivity contribution is -0.139. The van der Waals surface area contributed by atoms with Crippen molar-refractivity contribution in [3.63, 3.8) is 0 Å². The Kier molecular flexibility index (Phi) is 6.06. The van der Waals surface area contributed by atoms with E-state index >= 15 is 0 Å². The molecule has 23 heavy (non-hydrogen) atoms. The molecule has 1 spiro atoms. The smallest absolute Gasteiger partial charge is 0.245 e. The summed E-state index contributed by atoms with van der Waals surface area (Å²) in [7, 11) is 0. The van der Waals surface area contributed by atoms with Crippen LogP contribution in [-0.2, 0) is 9.59 Å². The van der Waals surface area contributed by atoms with E-state index < -0.39 is 6.04 Å². The van der Waals surface area contributed by atoms with Crippen LogP contribution in [0.2, 0.25) is 0 Å². The van der Waals surface area contributed by atoms with Gasteiger partial charge in [-0.05, 0) is 43.1 Å². The number of nitrogens with one attached hydrogen (secondary N) is 2. The van der Waals surface area contributed by atoms with Crippen molar-refractivity contribution in [1.29, 1.82) is 0 Å². The van der Waals surface area contributed by atoms with Crippen molar-refractivity contribution < 1.29 is 9.59 Å². The molecule has 0 saturated carbocycles. The van der Waals surface area contributed by atoms with Crippen LogP contribution < -0.4 is 10.6 Å². The molecule has 0 aromatic heterocycles. The van der Waals surface area contributed by atoms with E-state index in [1.165, 1.54) is 6.42 Å². The van der Waals surface area contributed by atoms with Gasteiger partial charge in [-0.3, -0.25) is 9.59 Å². The van der Waals surface area contributed by atoms with E-state index in [0.717, 1.165) is 39.0 Å². The van der Waals surface area contributed by atoms with Crippen LogP contribution in [0.5, 0.6) is 0 Å². The highest BCUT2D eigenvalue weighted by molar-refractivity contribution is 5.88. The summed E-state index contributed by atoms with van der Waals surface area (Å²) in [6.07, 6.45) is 3.87. The molecule has 2 aliphatic rings. The normalized spacial score (nSPS) is 21.9. The van der Waals surface area contributed by atoms with Crippen molar-refractivity contribution in [2.45, 2.75) is 59.4 Å². The van der Waals surface area contributed by atoms with Crippen molar-refractivity contribution in [2.24, 2.45) is 17.3 Å². The van der Waals surface area contributed by atoms with Crippen LogP contribution in [0.15, 0.2) is 0 Å². The van der Waals surface area contributed by atoms with Gasteiger partial charge in [0, 0.05) is 26.1 Å². The molecule has 2 heterocycles. The van der Waals surface area contributed by atoms with E-state index in [2.05, 4.69) is 10.6 Å². The first-order valence-corrected chi connectivity index (χ1v) is 9.12. The van der Waals surface area contributed by atoms with Gasteiger partial charge >= 0.3 is 0 Å². The quantitative estimate of drug-likeness (QED) is 0.811. The fourth-order valence-corrected chi connectivity index (χ4v) is 3.74. The molecule has 0 bridgehead atoms. The van der Waals surface area contributed by atoms with Crippen LogP contribution in [0.1, 0.15) is 53.4 Å². The molecule has 0 radical (unpaired) electrons. The minimum Gasteiger partial charge on any atom is -0.344 e. The molecule has 1 unspecified atom stereocenters. The number of rotatable bonds is 5. The van der Waals surface area contributed by atoms with Crippen molar-refractivity contribution >= 4 is 11.8 Å². The standard InChI is InChI=1S/C18H33N3O2/c1-13(2)11-15(22)20-16(14(3)4)17(23)21-9-6-18(7-10-21)5-8-19-12-18/h13-14,16,19H,5-12H2,1-4H3,(H,20,22). The molecular formula is C18H33N3O2. The van der Waals surface area contributed by atoms with Crippen molar-refractivity contribution in [3.8, 4) is 0 Å². The lowest BCUT2D eigenvalue weighted by atomic mass is 9.77. The number of carbonyl (C=O) groups excluding carboxylic acids is 2. The molecule has 0 aromatic carbocycles. The van der Waals surface area contributed by atoms with E-state index in [1.54, 1.807) is 0 Å². The minimum absolute atomic E-state index is 0.0134. The first kappa shape index (κ1) is 18.2. The van der Waals surface area contributed by atoms with Gasteiger partial charge in [-0.25, -0.2) is 0 Å². The maximum absolute atomic E-state index is 12.9. The van der Waals surface area contributed by atoms with Crippen molar-refractivity contribution in [2.75, 3.05) is 26.2 Å². The highest BCUT2D eigenvalue weighted by Crippen LogP contribution is 2.37. The number of carbonyl (C=O) groups is 2. The van der Waals surface area contributed by atoms with Gasteiger partial charge in [0.1, 0.15) is 6.04 Å². The van der Waals surface area contributed by atoms with Crippen LogP contribution in [0.4, 0.5) is 0 Å². The Balaban J connectivity index is 1.92. The number of amides is 2. The van der Waals surface area contributed by atoms with E-state index in [9.17, 15) is 9.59 Å². The molecule has 0 aromatic rings. The fourth-order valence-electron chi connectivity index (χ4n) is 3.74. The molecule has 2 saturated heterocycles. The lowest BCUT2D eigenvalue weighted by Gasteiger charge is -2.40. The molecule has 2 fully saturated rings. The second-order valence-corrected chi connectivity index (χ2v) is 8.14. The second-order valence-electron chi connectivity index (χ2n) is 8.14. The largest absolute Gasteiger partial charge is 0.344 e. The van der Waals surface area contributed by atoms with Gasteiger partial charge in [-0.2, -0.15) is 0 Å². The van der Waals surface area contributed by atoms with Crippen LogP contribution in [0.25, 0.3) is 0 Å². The van der Waals surface area contributed by atoms with E-state index in [1.807, 2.05) is 32.6 Å². The maximum atomic E-state index is 12.9. The SMILES string of the molecule is CC(C)CC(=O)NC(C(=O)N1CCC2(CCNC2)CC1)C(C)C. The summed E-state index contributed by atoms with van der Waals surface area (Å²) < 4.78 is 0. The molecule has 2 amide bonds. The maximum Gasteiger partial charge on any atom is 0.245 e. The fraction of sp³-hybridized carbons (Fsp3) is 0.889. The summed E-state index contributed by atoms with van der Waals surface area (Å²) in [4.78, 5) is 26.9. The Morgan fingerprint density at radius 3 is 2.26 bits per heavy atom. The van der Waals surface area contributed by atoms with Gasteiger partial charge < -0.3 is 15.5 Å². The van der Waals surface area contributed by atoms with Gasteiger partial charge in [-0.1, -0.05) is 27.7 Å². The lowest BCUT2D eigenvalue weighted by Crippen LogP contribution is -2.54. The molecule has 2 aliphatic heterocycles. The average molecular weight is 323 g/mol. The van der Waals surface area contributed by atoms with E-state index in [0.29, 0.717) is 17.8 Å². The van der Waals surface area contributed by atoms with E-state index in [4.69, 9.17) is 0 Å². The summed E-state index contributed by atoms with van der Waals surface area (Å²) in [5.74, 6) is 0.503. The van der Waals surface area contributed by atoms with Crippen molar-refractivity contribution in [1.82, 2.24) is 15.5 Å². The molecule has 1 atom stereocenters. The minimum atomic E-state index is -0.392. The summed E-state index contributed by atoms with van der Waals surface area (Å²) in [5.41, 5.74) is 0.408. The number of hydrogen-bond donors (Lipinski definition) is 2. The zero-order valence-corrected chi connectivity index (χ0v) is 15.2. The predicted octanol–water partition coefficient (Wildman–Crippen LogP) is 1.78. The van der Waals surface area contributed by atoms with Crippen molar-refractivity contribution in [3.05, 3.63) is 0 Å². The van der Waals surface area contributed by atoms with Gasteiger partial charge in [0.25, 0.3) is 0 Å². The van der Waals surface area contributed by atoms with Crippen LogP contribution in [0, 0.1) is 17.3 Å². The third-order valence-electron chi connectivity index (χ3n) is 5.31. The molecule has 0 aliphatic carbocycles. The van der Waals surface area contributed by atoms with Gasteiger partial charge in [0.2, 0.25) is 11.8 Å². The first-order chi connectivity index (χ1) is 10.8. The average Bonchev–Trinajstić information content (AvgIpc) is 2.92. The van der Waals surface area contributed by atoms with Crippen LogP contribution >= 0.6 is 0 Å². The first-order valence-electron chi connectivity index (χ1n) is 9.12. The Bertz CT molecular complexity index is 418. The van der Waals surface area contributed by atoms with Gasteiger partial charge in [0.15, 0.2) is 0 Å². The Morgan fingerprint density at radius 1 is 1.13 bits per heavy atom. The highest BCUT2D eigenvalue weighted by atomic mass is 16.2. The van der Waals surface area contributed by atoms with Crippen LogP contribution in [-0.4, -0.2) is 48.9 Å². The number of likely N-dealkylation sites (tertiary alicyclic amines) is 1. The summed E-state index contributed by atoms with van der Waals surface area (Å²) in [6, 6.07) is -0.392. The van der Waals surface area contributed by atoms with Crippen LogP contribution in [0.3, 0.4) is 0 Å². The third kappa shape index (κ3) is 4.69. The summed E-state index contributed by atoms with van der Waals surface area (Å²) >= 11 is 0. The molecule has 5 nitrogen and oxygen atoms in total. The number of hydrogen-bond acceptors (Lipinski definition) is 3. The number of nitrogens with zero attached hydrogens (tertiary/aromatic N) is 1. The van der Waals surface area contributed by atoms with E-state index in [-0.39, 0.29) is 17.7 Å². The monoisotopic (exact) mass is 323 g/mol. The Labute approximate surface area is 140 Å². The molecule has 2 N–H and O–H groups in total. The molecular weight excluding hydrogens is 290 g/mol. The third-order valence-corrected chi connectivity index (χ3v) is 5.31. The summed E-state index contributed by atoms with van der Waals surface area (Å²) in [5, 5.41) is 6.42. The van der Waals surface area contributed by atoms with Gasteiger partial charge in [-0.15, -0.1) is 0 Å². The predicted molar refractivity (Wildman–Crippen MR) is 92.0 cm³/mol. The highest BCUT2D eigenvalue weighted by Gasteiger charge is 2.39. The second kappa shape index (κ2) is 7.65. The molecule has 5 heteroatoms. The Hall–Kier alpha value is -1.10. The number of piperidine rings is 1.